The number of carbonyl (C=O) groups is 3. The molecule has 0 fully saturated rings. The Hall–Kier alpha value is -4.99. The van der Waals surface area contributed by atoms with E-state index in [-0.39, 0.29) is 5.91 Å². The molecule has 200 valence electrons. The van der Waals surface area contributed by atoms with Gasteiger partial charge in [-0.1, -0.05) is 12.1 Å². The predicted molar refractivity (Wildman–Crippen MR) is 144 cm³/mol. The van der Waals surface area contributed by atoms with Crippen LogP contribution in [0.2, 0.25) is 0 Å². The second-order valence-electron chi connectivity index (χ2n) is 9.41. The van der Waals surface area contributed by atoms with Gasteiger partial charge in [0.25, 0.3) is 5.91 Å². The highest BCUT2D eigenvalue weighted by molar-refractivity contribution is 6.39. The third-order valence-electron chi connectivity index (χ3n) is 5.78. The van der Waals surface area contributed by atoms with Crippen LogP contribution in [-0.2, 0) is 16.0 Å². The van der Waals surface area contributed by atoms with Crippen LogP contribution < -0.4 is 20.7 Å². The number of oxazole rings is 1. The maximum atomic E-state index is 13.1. The van der Waals surface area contributed by atoms with Crippen LogP contribution in [0.4, 0.5) is 15.8 Å². The van der Waals surface area contributed by atoms with Crippen molar-refractivity contribution in [2.24, 2.45) is 0 Å². The Morgan fingerprint density at radius 3 is 2.26 bits per heavy atom. The summed E-state index contributed by atoms with van der Waals surface area (Å²) in [4.78, 5) is 41.4. The van der Waals surface area contributed by atoms with E-state index in [1.807, 2.05) is 12.1 Å². The molecule has 9 nitrogen and oxygen atoms in total. The summed E-state index contributed by atoms with van der Waals surface area (Å²) in [7, 11) is 1.49. The third-order valence-corrected chi connectivity index (χ3v) is 5.78. The number of nitrogens with zero attached hydrogens (tertiary/aromatic N) is 1. The minimum Gasteiger partial charge on any atom is -0.496 e. The first-order valence-corrected chi connectivity index (χ1v) is 12.0. The van der Waals surface area contributed by atoms with Crippen molar-refractivity contribution in [3.8, 4) is 17.1 Å². The van der Waals surface area contributed by atoms with Crippen LogP contribution >= 0.6 is 0 Å². The number of hydrogen-bond acceptors (Lipinski definition) is 6. The van der Waals surface area contributed by atoms with Crippen molar-refractivity contribution in [3.05, 3.63) is 96.3 Å². The van der Waals surface area contributed by atoms with Gasteiger partial charge in [-0.15, -0.1) is 0 Å². The summed E-state index contributed by atoms with van der Waals surface area (Å²) < 4.78 is 23.8. The highest BCUT2D eigenvalue weighted by atomic mass is 19.1. The van der Waals surface area contributed by atoms with E-state index in [1.165, 1.54) is 37.8 Å². The maximum Gasteiger partial charge on any atom is 0.313 e. The fourth-order valence-corrected chi connectivity index (χ4v) is 3.94. The number of hydrogen-bond donors (Lipinski definition) is 3. The summed E-state index contributed by atoms with van der Waals surface area (Å²) in [6.45, 7) is 3.61. The van der Waals surface area contributed by atoms with Crippen molar-refractivity contribution in [2.45, 2.75) is 25.8 Å². The lowest BCUT2D eigenvalue weighted by Crippen LogP contribution is -2.49. The quantitative estimate of drug-likeness (QED) is 0.281. The molecule has 0 unspecified atom stereocenters. The second-order valence-corrected chi connectivity index (χ2v) is 9.41. The van der Waals surface area contributed by atoms with Crippen molar-refractivity contribution < 1.29 is 27.9 Å². The van der Waals surface area contributed by atoms with Gasteiger partial charge in [0.1, 0.15) is 11.6 Å². The van der Waals surface area contributed by atoms with Crippen LogP contribution in [0, 0.1) is 5.82 Å². The van der Waals surface area contributed by atoms with Crippen LogP contribution in [0.25, 0.3) is 11.3 Å². The fourth-order valence-electron chi connectivity index (χ4n) is 3.94. The van der Waals surface area contributed by atoms with Crippen LogP contribution in [0.5, 0.6) is 5.75 Å². The summed E-state index contributed by atoms with van der Waals surface area (Å²) in [5, 5.41) is 8.09. The minimum atomic E-state index is -0.823. The number of ether oxygens (including phenoxy) is 1. The van der Waals surface area contributed by atoms with E-state index in [2.05, 4.69) is 20.9 Å². The molecule has 0 radical (unpaired) electrons. The number of carbonyl (C=O) groups excluding carboxylic acids is 3. The molecule has 0 aliphatic rings. The van der Waals surface area contributed by atoms with Crippen molar-refractivity contribution in [3.63, 3.8) is 0 Å². The zero-order chi connectivity index (χ0) is 28.0. The van der Waals surface area contributed by atoms with Gasteiger partial charge in [0.15, 0.2) is 12.2 Å². The van der Waals surface area contributed by atoms with Crippen LogP contribution in [0.1, 0.15) is 29.8 Å². The van der Waals surface area contributed by atoms with Gasteiger partial charge in [0.05, 0.1) is 18.9 Å². The lowest BCUT2D eigenvalue weighted by molar-refractivity contribution is -0.137. The molecule has 1 aromatic heterocycles. The Morgan fingerprint density at radius 1 is 0.923 bits per heavy atom. The van der Waals surface area contributed by atoms with E-state index in [0.717, 1.165) is 5.56 Å². The normalized spacial score (nSPS) is 11.0. The van der Waals surface area contributed by atoms with Crippen molar-refractivity contribution in [1.82, 2.24) is 10.3 Å². The molecular weight excluding hydrogens is 503 g/mol. The van der Waals surface area contributed by atoms with Gasteiger partial charge in [0.2, 0.25) is 0 Å². The van der Waals surface area contributed by atoms with Gasteiger partial charge < -0.3 is 25.1 Å². The molecule has 39 heavy (non-hydrogen) atoms. The predicted octanol–water partition coefficient (Wildman–Crippen LogP) is 4.82. The summed E-state index contributed by atoms with van der Waals surface area (Å²) in [6.07, 6.45) is 3.28. The summed E-state index contributed by atoms with van der Waals surface area (Å²) in [6, 6.07) is 17.3. The molecule has 10 heteroatoms. The van der Waals surface area contributed by atoms with E-state index >= 15 is 0 Å². The lowest BCUT2D eigenvalue weighted by Gasteiger charge is -2.26. The lowest BCUT2D eigenvalue weighted by atomic mass is 9.94. The Bertz CT molecular complexity index is 1470. The molecule has 0 aliphatic carbocycles. The highest BCUT2D eigenvalue weighted by Gasteiger charge is 2.25. The Morgan fingerprint density at radius 2 is 1.62 bits per heavy atom. The second kappa shape index (κ2) is 11.6. The van der Waals surface area contributed by atoms with Crippen LogP contribution in [0.15, 0.2) is 83.7 Å². The van der Waals surface area contributed by atoms with E-state index < -0.39 is 23.2 Å². The monoisotopic (exact) mass is 530 g/mol. The zero-order valence-electron chi connectivity index (χ0n) is 21.6. The number of aromatic nitrogens is 1. The molecule has 3 amide bonds. The number of anilines is 2. The number of benzene rings is 3. The SMILES string of the molecule is COc1cc(NC(=O)C(=O)NC(C)(C)Cc2ccc(NC(=O)c3ccc(F)cc3)cc2)ccc1-c1cnco1. The third kappa shape index (κ3) is 7.07. The molecule has 0 bridgehead atoms. The maximum absolute atomic E-state index is 13.1. The first-order valence-electron chi connectivity index (χ1n) is 12.0. The summed E-state index contributed by atoms with van der Waals surface area (Å²) in [5.41, 5.74) is 2.08. The molecule has 4 rings (SSSR count). The first kappa shape index (κ1) is 27.1. The number of nitrogens with one attached hydrogen (secondary N) is 3. The van der Waals surface area contributed by atoms with Gasteiger partial charge in [-0.05, 0) is 74.4 Å². The zero-order valence-corrected chi connectivity index (χ0v) is 21.6. The molecule has 1 heterocycles. The van der Waals surface area contributed by atoms with Gasteiger partial charge in [-0.25, -0.2) is 9.37 Å². The molecule has 0 aliphatic heterocycles. The number of methoxy groups -OCH3 is 1. The van der Waals surface area contributed by atoms with Gasteiger partial charge >= 0.3 is 11.8 Å². The minimum absolute atomic E-state index is 0.340. The Labute approximate surface area is 224 Å². The van der Waals surface area contributed by atoms with E-state index in [0.29, 0.717) is 40.4 Å². The van der Waals surface area contributed by atoms with E-state index in [9.17, 15) is 18.8 Å². The van der Waals surface area contributed by atoms with Crippen molar-refractivity contribution in [1.29, 1.82) is 0 Å². The van der Waals surface area contributed by atoms with Gasteiger partial charge in [-0.2, -0.15) is 0 Å². The average molecular weight is 531 g/mol. The molecule has 0 spiro atoms. The van der Waals surface area contributed by atoms with E-state index in [4.69, 9.17) is 9.15 Å². The topological polar surface area (TPSA) is 123 Å². The van der Waals surface area contributed by atoms with Crippen LogP contribution in [0.3, 0.4) is 0 Å². The Kier molecular flexibility index (Phi) is 8.04. The summed E-state index contributed by atoms with van der Waals surface area (Å²) >= 11 is 0. The van der Waals surface area contributed by atoms with Gasteiger partial charge in [-0.3, -0.25) is 14.4 Å². The number of halogens is 1. The number of amides is 3. The largest absolute Gasteiger partial charge is 0.496 e. The molecule has 0 saturated carbocycles. The molecule has 3 aromatic carbocycles. The molecule has 0 saturated heterocycles. The van der Waals surface area contributed by atoms with E-state index in [1.54, 1.807) is 50.4 Å². The molecule has 3 N–H and O–H groups in total. The average Bonchev–Trinajstić information content (AvgIpc) is 3.44. The highest BCUT2D eigenvalue weighted by Crippen LogP contribution is 2.32. The fraction of sp³-hybridized carbons (Fsp3) is 0.172. The van der Waals surface area contributed by atoms with Crippen molar-refractivity contribution in [2.75, 3.05) is 17.7 Å². The number of rotatable bonds is 8. The molecule has 4 aromatic rings. The smallest absolute Gasteiger partial charge is 0.313 e. The molecule has 0 atom stereocenters. The van der Waals surface area contributed by atoms with Crippen molar-refractivity contribution >= 4 is 29.1 Å². The van der Waals surface area contributed by atoms with Gasteiger partial charge in [0, 0.05) is 28.5 Å². The Balaban J connectivity index is 1.32. The molecular formula is C29H27FN4O5. The van der Waals surface area contributed by atoms with Crippen LogP contribution in [-0.4, -0.2) is 35.4 Å². The first-order chi connectivity index (χ1) is 18.6. The summed E-state index contributed by atoms with van der Waals surface area (Å²) in [5.74, 6) is -1.43. The standard InChI is InChI=1S/C29H27FN4O5/c1-29(2,15-18-4-10-21(11-5-18)32-26(35)19-6-8-20(30)9-7-19)34-28(37)27(36)33-22-12-13-23(24(14-22)38-3)25-16-31-17-39-25/h4-14,16-17H,15H2,1-3H3,(H,32,35)(H,33,36)(H,34,37).